The highest BCUT2D eigenvalue weighted by atomic mass is 79.9. The zero-order valence-corrected chi connectivity index (χ0v) is 22.8. The average Bonchev–Trinajstić information content (AvgIpc) is 3.47. The Morgan fingerprint density at radius 1 is 0.897 bits per heavy atom. The lowest BCUT2D eigenvalue weighted by Gasteiger charge is -2.34. The molecule has 0 radical (unpaired) electrons. The molecule has 0 bridgehead atoms. The molecule has 198 valence electrons. The molecular formula is C30H26BrN3O5. The number of fused-ring (bicyclic) bond motifs is 1. The minimum Gasteiger partial charge on any atom is -0.508 e. The smallest absolute Gasteiger partial charge is 0.294 e. The Kier molecular flexibility index (Phi) is 6.40. The third-order valence-electron chi connectivity index (χ3n) is 7.36. The van der Waals surface area contributed by atoms with Crippen LogP contribution in [0.2, 0.25) is 0 Å². The van der Waals surface area contributed by atoms with E-state index in [4.69, 9.17) is 4.42 Å². The number of hydrogen-bond donors (Lipinski definition) is 2. The number of likely N-dealkylation sites (N-methyl/N-ethyl adjacent to an activating group) is 1. The molecule has 1 aromatic heterocycles. The number of aromatic hydroxyl groups is 1. The van der Waals surface area contributed by atoms with Gasteiger partial charge in [-0.15, -0.1) is 0 Å². The summed E-state index contributed by atoms with van der Waals surface area (Å²) in [5.74, 6) is -1.81. The number of anilines is 2. The van der Waals surface area contributed by atoms with E-state index in [-0.39, 0.29) is 17.1 Å². The minimum atomic E-state index is -0.917. The maximum atomic E-state index is 13.8. The Bertz CT molecular complexity index is 1600. The fraction of sp³-hybridized carbons (Fsp3) is 0.200. The lowest BCUT2D eigenvalue weighted by molar-refractivity contribution is -0.117. The van der Waals surface area contributed by atoms with Crippen LogP contribution in [-0.2, 0) is 4.79 Å². The van der Waals surface area contributed by atoms with E-state index < -0.39 is 23.5 Å². The first kappa shape index (κ1) is 25.2. The Morgan fingerprint density at radius 3 is 2.26 bits per heavy atom. The molecule has 6 rings (SSSR count). The molecule has 8 nitrogen and oxygen atoms in total. The molecule has 9 heteroatoms. The highest BCUT2D eigenvalue weighted by molar-refractivity contribution is 9.10. The molecule has 3 aromatic carbocycles. The zero-order chi connectivity index (χ0) is 27.3. The molecule has 1 fully saturated rings. The number of carbonyl (C=O) groups is 2. The summed E-state index contributed by atoms with van der Waals surface area (Å²) in [5.41, 5.74) is 2.59. The average molecular weight is 588 g/mol. The number of amides is 1. The van der Waals surface area contributed by atoms with Crippen molar-refractivity contribution in [2.45, 2.75) is 6.04 Å². The largest absolute Gasteiger partial charge is 0.508 e. The van der Waals surface area contributed by atoms with Crippen LogP contribution in [0.4, 0.5) is 11.4 Å². The van der Waals surface area contributed by atoms with Crippen LogP contribution in [-0.4, -0.2) is 60.0 Å². The van der Waals surface area contributed by atoms with Crippen molar-refractivity contribution in [3.8, 4) is 5.75 Å². The normalized spacial score (nSPS) is 18.4. The van der Waals surface area contributed by atoms with Gasteiger partial charge in [0.15, 0.2) is 11.5 Å². The van der Waals surface area contributed by atoms with Gasteiger partial charge in [0.2, 0.25) is 5.78 Å². The molecule has 1 saturated heterocycles. The van der Waals surface area contributed by atoms with Gasteiger partial charge < -0.3 is 24.4 Å². The monoisotopic (exact) mass is 587 g/mol. The third-order valence-corrected chi connectivity index (χ3v) is 7.85. The van der Waals surface area contributed by atoms with Crippen molar-refractivity contribution in [3.63, 3.8) is 0 Å². The van der Waals surface area contributed by atoms with Crippen LogP contribution in [0.15, 0.2) is 93.0 Å². The zero-order valence-electron chi connectivity index (χ0n) is 21.2. The van der Waals surface area contributed by atoms with E-state index in [2.05, 4.69) is 32.8 Å². The van der Waals surface area contributed by atoms with Crippen LogP contribution in [0, 0.1) is 0 Å². The number of rotatable bonds is 5. The van der Waals surface area contributed by atoms with Gasteiger partial charge in [-0.05, 0) is 73.3 Å². The van der Waals surface area contributed by atoms with Crippen LogP contribution in [0.1, 0.15) is 22.2 Å². The number of furan rings is 1. The fourth-order valence-corrected chi connectivity index (χ4v) is 5.60. The van der Waals surface area contributed by atoms with Gasteiger partial charge in [0, 0.05) is 47.4 Å². The summed E-state index contributed by atoms with van der Waals surface area (Å²) >= 11 is 3.42. The lowest BCUT2D eigenvalue weighted by atomic mass is 9.94. The van der Waals surface area contributed by atoms with Crippen LogP contribution in [0.3, 0.4) is 0 Å². The second kappa shape index (κ2) is 9.91. The van der Waals surface area contributed by atoms with Crippen LogP contribution < -0.4 is 9.80 Å². The van der Waals surface area contributed by atoms with E-state index in [1.807, 2.05) is 36.4 Å². The number of benzene rings is 3. The minimum absolute atomic E-state index is 0.0218. The molecule has 2 aliphatic rings. The molecule has 2 aliphatic heterocycles. The first-order valence-electron chi connectivity index (χ1n) is 12.6. The van der Waals surface area contributed by atoms with Crippen molar-refractivity contribution < 1.29 is 24.2 Å². The first-order valence-corrected chi connectivity index (χ1v) is 13.4. The quantitative estimate of drug-likeness (QED) is 0.300. The molecule has 1 atom stereocenters. The van der Waals surface area contributed by atoms with Crippen molar-refractivity contribution in [2.24, 2.45) is 0 Å². The van der Waals surface area contributed by atoms with Gasteiger partial charge in [-0.2, -0.15) is 0 Å². The first-order chi connectivity index (χ1) is 18.8. The number of phenolic OH excluding ortho intramolecular Hbond substituents is 1. The Labute approximate surface area is 233 Å². The summed E-state index contributed by atoms with van der Waals surface area (Å²) in [6.07, 6.45) is 0. The highest BCUT2D eigenvalue weighted by Gasteiger charge is 2.45. The summed E-state index contributed by atoms with van der Waals surface area (Å²) < 4.78 is 6.66. The van der Waals surface area contributed by atoms with E-state index in [1.54, 1.807) is 24.3 Å². The van der Waals surface area contributed by atoms with Crippen LogP contribution in [0.5, 0.6) is 5.75 Å². The van der Waals surface area contributed by atoms with Gasteiger partial charge in [-0.1, -0.05) is 28.1 Å². The molecule has 2 N–H and O–H groups in total. The number of carbonyl (C=O) groups excluding carboxylic acids is 2. The summed E-state index contributed by atoms with van der Waals surface area (Å²) in [6.45, 7) is 3.75. The summed E-state index contributed by atoms with van der Waals surface area (Å²) in [5, 5.41) is 21.7. The number of Topliss-reactive ketones (excluding diaryl/α,β-unsaturated/α-hetero) is 1. The van der Waals surface area contributed by atoms with Gasteiger partial charge in [0.05, 0.1) is 11.6 Å². The van der Waals surface area contributed by atoms with Crippen molar-refractivity contribution in [3.05, 3.63) is 99.9 Å². The van der Waals surface area contributed by atoms with Gasteiger partial charge in [0.1, 0.15) is 11.3 Å². The second-order valence-corrected chi connectivity index (χ2v) is 10.8. The predicted octanol–water partition coefficient (Wildman–Crippen LogP) is 5.44. The number of piperazine rings is 1. The molecule has 0 spiro atoms. The van der Waals surface area contributed by atoms with Crippen molar-refractivity contribution in [1.82, 2.24) is 4.90 Å². The van der Waals surface area contributed by atoms with E-state index in [0.717, 1.165) is 41.7 Å². The van der Waals surface area contributed by atoms with Crippen molar-refractivity contribution >= 4 is 50.0 Å². The van der Waals surface area contributed by atoms with E-state index in [0.29, 0.717) is 16.8 Å². The number of phenols is 1. The third kappa shape index (κ3) is 4.57. The summed E-state index contributed by atoms with van der Waals surface area (Å²) in [6, 6.07) is 19.9. The molecule has 1 amide bonds. The van der Waals surface area contributed by atoms with E-state index in [9.17, 15) is 19.8 Å². The van der Waals surface area contributed by atoms with Gasteiger partial charge in [-0.3, -0.25) is 14.5 Å². The maximum Gasteiger partial charge on any atom is 0.294 e. The lowest BCUT2D eigenvalue weighted by Crippen LogP contribution is -2.44. The maximum absolute atomic E-state index is 13.8. The molecule has 0 aliphatic carbocycles. The molecule has 4 aromatic rings. The number of hydrogen-bond acceptors (Lipinski definition) is 7. The van der Waals surface area contributed by atoms with Gasteiger partial charge in [-0.25, -0.2) is 0 Å². The number of aliphatic hydroxyl groups excluding tert-OH is 1. The van der Waals surface area contributed by atoms with Gasteiger partial charge >= 0.3 is 0 Å². The Balaban J connectivity index is 1.39. The van der Waals surface area contributed by atoms with E-state index in [1.165, 1.54) is 17.0 Å². The molecule has 0 saturated carbocycles. The number of halogens is 1. The van der Waals surface area contributed by atoms with E-state index >= 15 is 0 Å². The van der Waals surface area contributed by atoms with Crippen molar-refractivity contribution in [2.75, 3.05) is 43.0 Å². The van der Waals surface area contributed by atoms with Crippen LogP contribution >= 0.6 is 15.9 Å². The summed E-state index contributed by atoms with van der Waals surface area (Å²) in [7, 11) is 2.10. The number of nitrogens with zero attached hydrogens (tertiary/aromatic N) is 3. The predicted molar refractivity (Wildman–Crippen MR) is 152 cm³/mol. The van der Waals surface area contributed by atoms with Crippen LogP contribution in [0.25, 0.3) is 11.0 Å². The Morgan fingerprint density at radius 2 is 1.56 bits per heavy atom. The topological polar surface area (TPSA) is 97.5 Å². The number of ketones is 1. The fourth-order valence-electron chi connectivity index (χ4n) is 5.22. The molecular weight excluding hydrogens is 562 g/mol. The SMILES string of the molecule is CN1CCN(c2ccc(N3C(=O)C(O)=C(C(=O)c4cc5cc(Br)ccc5o4)C3c3ccc(O)cc3)cc2)CC1. The molecule has 39 heavy (non-hydrogen) atoms. The standard InChI is InChI=1S/C30H26BrN3O5/c1-32-12-14-33(15-13-32)21-5-7-22(8-6-21)34-27(18-2-9-23(35)10-3-18)26(29(37)30(34)38)28(36)25-17-19-16-20(31)4-11-24(19)39-25/h2-11,16-17,27,35,37H,12-15H2,1H3. The second-order valence-electron chi connectivity index (χ2n) is 9.86. The number of aliphatic hydroxyl groups is 1. The molecule has 3 heterocycles. The Hall–Kier alpha value is -4.08. The van der Waals surface area contributed by atoms with Gasteiger partial charge in [0.25, 0.3) is 5.91 Å². The molecule has 1 unspecified atom stereocenters. The summed E-state index contributed by atoms with van der Waals surface area (Å²) in [4.78, 5) is 33.3. The van der Waals surface area contributed by atoms with Crippen molar-refractivity contribution in [1.29, 1.82) is 0 Å². The highest BCUT2D eigenvalue weighted by Crippen LogP contribution is 2.43.